The topological polar surface area (TPSA) is 62.6 Å². The van der Waals surface area contributed by atoms with Crippen molar-refractivity contribution in [3.8, 4) is 0 Å². The van der Waals surface area contributed by atoms with Crippen molar-refractivity contribution in [2.24, 2.45) is 0 Å². The minimum atomic E-state index is -0.651. The van der Waals surface area contributed by atoms with Crippen LogP contribution in [0, 0.1) is 5.82 Å². The summed E-state index contributed by atoms with van der Waals surface area (Å²) in [6.45, 7) is 1.75. The standard InChI is InChI=1S/C17H17FN2O3S/c1-2-15(21)20-14(10-24-17(20)11-7-8-23-9-11)16(22)19-13-6-4-3-5-12(13)18/h3-9,14,17H,2,10H2,1H3,(H,19,22). The van der Waals surface area contributed by atoms with Gasteiger partial charge in [0, 0.05) is 17.7 Å². The summed E-state index contributed by atoms with van der Waals surface area (Å²) in [5.41, 5.74) is 0.950. The number of hydrogen-bond donors (Lipinski definition) is 1. The Hall–Kier alpha value is -2.28. The Bertz CT molecular complexity index is 735. The fourth-order valence-electron chi connectivity index (χ4n) is 2.65. The Kier molecular flexibility index (Phi) is 4.89. The molecule has 0 bridgehead atoms. The second-order valence-corrected chi connectivity index (χ2v) is 6.50. The highest BCUT2D eigenvalue weighted by molar-refractivity contribution is 7.99. The number of thioether (sulfide) groups is 1. The van der Waals surface area contributed by atoms with Crippen LogP contribution in [0.4, 0.5) is 10.1 Å². The van der Waals surface area contributed by atoms with E-state index in [0.717, 1.165) is 5.56 Å². The number of rotatable bonds is 4. The molecule has 0 spiro atoms. The predicted molar refractivity (Wildman–Crippen MR) is 89.9 cm³/mol. The molecule has 5 nitrogen and oxygen atoms in total. The number of benzene rings is 1. The zero-order valence-corrected chi connectivity index (χ0v) is 13.9. The van der Waals surface area contributed by atoms with Crippen LogP contribution in [0.15, 0.2) is 47.3 Å². The van der Waals surface area contributed by atoms with Crippen LogP contribution < -0.4 is 5.32 Å². The molecule has 3 rings (SSSR count). The molecule has 0 radical (unpaired) electrons. The van der Waals surface area contributed by atoms with E-state index in [4.69, 9.17) is 4.42 Å². The van der Waals surface area contributed by atoms with Crippen molar-refractivity contribution in [2.45, 2.75) is 24.8 Å². The van der Waals surface area contributed by atoms with Crippen LogP contribution in [0.3, 0.4) is 0 Å². The first-order chi connectivity index (χ1) is 11.6. The molecule has 1 saturated heterocycles. The van der Waals surface area contributed by atoms with Crippen molar-refractivity contribution in [3.63, 3.8) is 0 Å². The zero-order valence-electron chi connectivity index (χ0n) is 13.1. The van der Waals surface area contributed by atoms with Gasteiger partial charge in [0.15, 0.2) is 0 Å². The van der Waals surface area contributed by atoms with Gasteiger partial charge in [-0.1, -0.05) is 19.1 Å². The maximum Gasteiger partial charge on any atom is 0.248 e. The maximum absolute atomic E-state index is 13.7. The Labute approximate surface area is 143 Å². The fourth-order valence-corrected chi connectivity index (χ4v) is 4.07. The summed E-state index contributed by atoms with van der Waals surface area (Å²) >= 11 is 1.49. The summed E-state index contributed by atoms with van der Waals surface area (Å²) in [4.78, 5) is 26.5. The zero-order chi connectivity index (χ0) is 17.1. The highest BCUT2D eigenvalue weighted by Gasteiger charge is 2.42. The number of halogens is 1. The van der Waals surface area contributed by atoms with Crippen molar-refractivity contribution in [1.29, 1.82) is 0 Å². The highest BCUT2D eigenvalue weighted by atomic mass is 32.2. The predicted octanol–water partition coefficient (Wildman–Crippen LogP) is 3.41. The van der Waals surface area contributed by atoms with Crippen LogP contribution in [0.2, 0.25) is 0 Å². The van der Waals surface area contributed by atoms with E-state index in [-0.39, 0.29) is 22.9 Å². The van der Waals surface area contributed by atoms with Crippen LogP contribution in [0.1, 0.15) is 24.3 Å². The first-order valence-corrected chi connectivity index (χ1v) is 8.67. The molecule has 2 aromatic rings. The van der Waals surface area contributed by atoms with Crippen molar-refractivity contribution >= 4 is 29.3 Å². The first-order valence-electron chi connectivity index (χ1n) is 7.62. The third kappa shape index (κ3) is 3.17. The van der Waals surface area contributed by atoms with Gasteiger partial charge in [0.05, 0.1) is 18.2 Å². The minimum absolute atomic E-state index is 0.114. The van der Waals surface area contributed by atoms with Gasteiger partial charge < -0.3 is 14.6 Å². The molecule has 1 fully saturated rings. The molecule has 1 aromatic carbocycles. The monoisotopic (exact) mass is 348 g/mol. The molecule has 7 heteroatoms. The lowest BCUT2D eigenvalue weighted by molar-refractivity contribution is -0.137. The van der Waals surface area contributed by atoms with Gasteiger partial charge in [0.1, 0.15) is 17.2 Å². The quantitative estimate of drug-likeness (QED) is 0.920. The molecule has 1 aromatic heterocycles. The average molecular weight is 348 g/mol. The van der Waals surface area contributed by atoms with Crippen molar-refractivity contribution < 1.29 is 18.4 Å². The van der Waals surface area contributed by atoms with E-state index in [1.807, 2.05) is 0 Å². The SMILES string of the molecule is CCC(=O)N1C(C(=O)Nc2ccccc2F)CSC1c1ccoc1. The Morgan fingerprint density at radius 1 is 1.38 bits per heavy atom. The summed E-state index contributed by atoms with van der Waals surface area (Å²) in [5.74, 6) is -0.571. The number of nitrogens with one attached hydrogen (secondary N) is 1. The molecule has 2 heterocycles. The Morgan fingerprint density at radius 2 is 2.17 bits per heavy atom. The lowest BCUT2D eigenvalue weighted by Crippen LogP contribution is -2.45. The lowest BCUT2D eigenvalue weighted by atomic mass is 10.2. The van der Waals surface area contributed by atoms with E-state index < -0.39 is 11.9 Å². The fraction of sp³-hybridized carbons (Fsp3) is 0.294. The molecule has 24 heavy (non-hydrogen) atoms. The van der Waals surface area contributed by atoms with E-state index in [9.17, 15) is 14.0 Å². The van der Waals surface area contributed by atoms with E-state index in [0.29, 0.717) is 12.2 Å². The third-order valence-electron chi connectivity index (χ3n) is 3.85. The van der Waals surface area contributed by atoms with Crippen molar-refractivity contribution in [3.05, 3.63) is 54.2 Å². The number of hydrogen-bond acceptors (Lipinski definition) is 4. The van der Waals surface area contributed by atoms with E-state index in [1.54, 1.807) is 36.3 Å². The molecule has 1 aliphatic heterocycles. The van der Waals surface area contributed by atoms with Gasteiger partial charge in [0.25, 0.3) is 0 Å². The number of para-hydroxylation sites is 1. The Morgan fingerprint density at radius 3 is 2.83 bits per heavy atom. The van der Waals surface area contributed by atoms with Gasteiger partial charge in [-0.2, -0.15) is 0 Å². The summed E-state index contributed by atoms with van der Waals surface area (Å²) in [5, 5.41) is 2.31. The van der Waals surface area contributed by atoms with Crippen molar-refractivity contribution in [2.75, 3.05) is 11.1 Å². The molecule has 126 valence electrons. The second-order valence-electron chi connectivity index (χ2n) is 5.38. The third-order valence-corrected chi connectivity index (χ3v) is 5.18. The van der Waals surface area contributed by atoms with Crippen LogP contribution in [0.5, 0.6) is 0 Å². The van der Waals surface area contributed by atoms with Gasteiger partial charge in [-0.15, -0.1) is 11.8 Å². The molecule has 1 N–H and O–H groups in total. The van der Waals surface area contributed by atoms with Crippen LogP contribution in [-0.2, 0) is 9.59 Å². The van der Waals surface area contributed by atoms with Gasteiger partial charge >= 0.3 is 0 Å². The summed E-state index contributed by atoms with van der Waals surface area (Å²) in [6, 6.07) is 7.10. The smallest absolute Gasteiger partial charge is 0.248 e. The van der Waals surface area contributed by atoms with Gasteiger partial charge in [-0.05, 0) is 18.2 Å². The van der Waals surface area contributed by atoms with Crippen LogP contribution >= 0.6 is 11.8 Å². The van der Waals surface area contributed by atoms with Gasteiger partial charge in [-0.25, -0.2) is 4.39 Å². The molecule has 2 amide bonds. The number of furan rings is 1. The number of carbonyl (C=O) groups excluding carboxylic acids is 2. The average Bonchev–Trinajstić information content (AvgIpc) is 3.25. The molecule has 1 aliphatic rings. The summed E-state index contributed by atoms with van der Waals surface area (Å²) in [6.07, 6.45) is 3.40. The first kappa shape index (κ1) is 16.6. The maximum atomic E-state index is 13.7. The summed E-state index contributed by atoms with van der Waals surface area (Å²) in [7, 11) is 0. The second kappa shape index (κ2) is 7.09. The van der Waals surface area contributed by atoms with Crippen LogP contribution in [-0.4, -0.2) is 28.5 Å². The molecular formula is C17H17FN2O3S. The molecule has 0 aliphatic carbocycles. The largest absolute Gasteiger partial charge is 0.472 e. The van der Waals surface area contributed by atoms with Crippen molar-refractivity contribution in [1.82, 2.24) is 4.90 Å². The van der Waals surface area contributed by atoms with E-state index >= 15 is 0 Å². The highest BCUT2D eigenvalue weighted by Crippen LogP contribution is 2.42. The van der Waals surface area contributed by atoms with E-state index in [2.05, 4.69) is 5.32 Å². The molecular weight excluding hydrogens is 331 g/mol. The Balaban J connectivity index is 1.82. The van der Waals surface area contributed by atoms with E-state index in [1.165, 1.54) is 30.2 Å². The number of nitrogens with zero attached hydrogens (tertiary/aromatic N) is 1. The minimum Gasteiger partial charge on any atom is -0.472 e. The molecule has 2 atom stereocenters. The number of carbonyl (C=O) groups is 2. The summed E-state index contributed by atoms with van der Waals surface area (Å²) < 4.78 is 18.8. The normalized spacial score (nSPS) is 20.2. The molecule has 0 saturated carbocycles. The van der Waals surface area contributed by atoms with Gasteiger partial charge in [0.2, 0.25) is 11.8 Å². The number of anilines is 1. The molecule has 2 unspecified atom stereocenters. The lowest BCUT2D eigenvalue weighted by Gasteiger charge is -2.28. The van der Waals surface area contributed by atoms with Crippen LogP contribution in [0.25, 0.3) is 0 Å². The number of amides is 2. The van der Waals surface area contributed by atoms with Gasteiger partial charge in [-0.3, -0.25) is 9.59 Å².